The highest BCUT2D eigenvalue weighted by molar-refractivity contribution is 5.87. The molecule has 0 atom stereocenters. The normalized spacial score (nSPS) is 11.1. The molecule has 0 saturated heterocycles. The van der Waals surface area contributed by atoms with Crippen molar-refractivity contribution < 1.29 is 14.1 Å². The number of benzene rings is 1. The molecule has 2 aromatic heterocycles. The monoisotopic (exact) mass is 327 g/mol. The zero-order valence-corrected chi connectivity index (χ0v) is 13.9. The maximum absolute atomic E-state index is 11.5. The molecule has 0 aliphatic rings. The largest absolute Gasteiger partial charge is 0.461 e. The fourth-order valence-corrected chi connectivity index (χ4v) is 2.78. The SMILES string of the molecule is CCOC(=O)c1cc(CNCCc2c(C)[nH]c3ccccc23)on1. The molecule has 2 heterocycles. The highest BCUT2D eigenvalue weighted by Gasteiger charge is 2.13. The van der Waals surface area contributed by atoms with Crippen molar-refractivity contribution in [2.24, 2.45) is 0 Å². The number of hydrogen-bond acceptors (Lipinski definition) is 5. The number of para-hydroxylation sites is 1. The van der Waals surface area contributed by atoms with Crippen molar-refractivity contribution in [2.45, 2.75) is 26.8 Å². The van der Waals surface area contributed by atoms with Gasteiger partial charge in [0.05, 0.1) is 13.2 Å². The Morgan fingerprint density at radius 1 is 1.38 bits per heavy atom. The zero-order chi connectivity index (χ0) is 16.9. The van der Waals surface area contributed by atoms with Crippen molar-refractivity contribution in [3.63, 3.8) is 0 Å². The van der Waals surface area contributed by atoms with E-state index in [0.29, 0.717) is 18.9 Å². The van der Waals surface area contributed by atoms with E-state index in [0.717, 1.165) is 13.0 Å². The first-order chi connectivity index (χ1) is 11.7. The molecule has 6 heteroatoms. The Bertz CT molecular complexity index is 835. The number of hydrogen-bond donors (Lipinski definition) is 2. The van der Waals surface area contributed by atoms with E-state index < -0.39 is 5.97 Å². The van der Waals surface area contributed by atoms with Gasteiger partial charge in [-0.3, -0.25) is 0 Å². The van der Waals surface area contributed by atoms with Crippen LogP contribution in [0.25, 0.3) is 10.9 Å². The van der Waals surface area contributed by atoms with Gasteiger partial charge in [-0.1, -0.05) is 23.4 Å². The number of nitrogens with one attached hydrogen (secondary N) is 2. The van der Waals surface area contributed by atoms with E-state index in [9.17, 15) is 4.79 Å². The highest BCUT2D eigenvalue weighted by Crippen LogP contribution is 2.21. The van der Waals surface area contributed by atoms with Crippen molar-refractivity contribution in [3.05, 3.63) is 53.0 Å². The number of aryl methyl sites for hydroxylation is 1. The standard InChI is InChI=1S/C18H21N3O3/c1-3-23-18(22)17-10-13(24-21-17)11-19-9-8-14-12(2)20-16-7-5-4-6-15(14)16/h4-7,10,19-20H,3,8-9,11H2,1-2H3. The molecule has 0 spiro atoms. The second kappa shape index (κ2) is 7.31. The summed E-state index contributed by atoms with van der Waals surface area (Å²) in [6.07, 6.45) is 0.911. The summed E-state index contributed by atoms with van der Waals surface area (Å²) in [5, 5.41) is 8.31. The Labute approximate surface area is 140 Å². The van der Waals surface area contributed by atoms with Crippen LogP contribution in [0, 0.1) is 6.92 Å². The summed E-state index contributed by atoms with van der Waals surface area (Å²) in [5.41, 5.74) is 3.89. The Kier molecular flexibility index (Phi) is 4.96. The molecule has 0 saturated carbocycles. The first-order valence-corrected chi connectivity index (χ1v) is 8.08. The third kappa shape index (κ3) is 3.49. The Morgan fingerprint density at radius 2 is 2.21 bits per heavy atom. The second-order valence-electron chi connectivity index (χ2n) is 5.60. The van der Waals surface area contributed by atoms with Crippen LogP contribution in [0.5, 0.6) is 0 Å². The lowest BCUT2D eigenvalue weighted by atomic mass is 10.1. The summed E-state index contributed by atoms with van der Waals surface area (Å²) in [6.45, 7) is 5.50. The van der Waals surface area contributed by atoms with E-state index in [1.807, 2.05) is 6.07 Å². The number of aromatic nitrogens is 2. The van der Waals surface area contributed by atoms with E-state index >= 15 is 0 Å². The minimum atomic E-state index is -0.457. The van der Waals surface area contributed by atoms with Gasteiger partial charge in [0.25, 0.3) is 0 Å². The lowest BCUT2D eigenvalue weighted by Gasteiger charge is -2.03. The van der Waals surface area contributed by atoms with Crippen molar-refractivity contribution >= 4 is 16.9 Å². The van der Waals surface area contributed by atoms with Crippen LogP contribution in [0.2, 0.25) is 0 Å². The molecule has 0 radical (unpaired) electrons. The predicted octanol–water partition coefficient (Wildman–Crippen LogP) is 2.97. The van der Waals surface area contributed by atoms with Gasteiger partial charge < -0.3 is 19.6 Å². The molecule has 3 rings (SSSR count). The molecule has 0 aliphatic carbocycles. The first-order valence-electron chi connectivity index (χ1n) is 8.08. The van der Waals surface area contributed by atoms with Gasteiger partial charge in [-0.2, -0.15) is 0 Å². The molecule has 1 aromatic carbocycles. The van der Waals surface area contributed by atoms with Crippen molar-refractivity contribution in [1.29, 1.82) is 0 Å². The van der Waals surface area contributed by atoms with Gasteiger partial charge in [0, 0.05) is 22.7 Å². The predicted molar refractivity (Wildman–Crippen MR) is 90.9 cm³/mol. The number of H-pyrrole nitrogens is 1. The average molecular weight is 327 g/mol. The first kappa shape index (κ1) is 16.3. The molecule has 126 valence electrons. The maximum Gasteiger partial charge on any atom is 0.360 e. The van der Waals surface area contributed by atoms with E-state index in [4.69, 9.17) is 9.26 Å². The zero-order valence-electron chi connectivity index (χ0n) is 13.9. The van der Waals surface area contributed by atoms with Gasteiger partial charge in [0.1, 0.15) is 0 Å². The molecule has 24 heavy (non-hydrogen) atoms. The summed E-state index contributed by atoms with van der Waals surface area (Å²) in [6, 6.07) is 9.92. The summed E-state index contributed by atoms with van der Waals surface area (Å²) in [7, 11) is 0. The topological polar surface area (TPSA) is 80.1 Å². The summed E-state index contributed by atoms with van der Waals surface area (Å²) < 4.78 is 10.0. The summed E-state index contributed by atoms with van der Waals surface area (Å²) in [4.78, 5) is 14.9. The smallest absolute Gasteiger partial charge is 0.360 e. The molecule has 0 unspecified atom stereocenters. The minimum Gasteiger partial charge on any atom is -0.461 e. The maximum atomic E-state index is 11.5. The van der Waals surface area contributed by atoms with Crippen LogP contribution in [0.1, 0.15) is 34.4 Å². The number of carbonyl (C=O) groups is 1. The number of fused-ring (bicyclic) bond motifs is 1. The van der Waals surface area contributed by atoms with E-state index in [1.165, 1.54) is 22.2 Å². The van der Waals surface area contributed by atoms with Crippen LogP contribution in [-0.4, -0.2) is 29.3 Å². The van der Waals surface area contributed by atoms with Crippen LogP contribution < -0.4 is 5.32 Å². The molecular weight excluding hydrogens is 306 g/mol. The highest BCUT2D eigenvalue weighted by atomic mass is 16.5. The number of carbonyl (C=O) groups excluding carboxylic acids is 1. The second-order valence-corrected chi connectivity index (χ2v) is 5.60. The van der Waals surface area contributed by atoms with Gasteiger partial charge in [0.2, 0.25) is 0 Å². The molecular formula is C18H21N3O3. The fourth-order valence-electron chi connectivity index (χ4n) is 2.78. The molecule has 0 amide bonds. The van der Waals surface area contributed by atoms with E-state index in [2.05, 4.69) is 40.6 Å². The number of esters is 1. The molecule has 0 aliphatic heterocycles. The summed E-state index contributed by atoms with van der Waals surface area (Å²) >= 11 is 0. The van der Waals surface area contributed by atoms with Crippen LogP contribution in [0.3, 0.4) is 0 Å². The molecule has 3 aromatic rings. The molecule has 0 fully saturated rings. The quantitative estimate of drug-likeness (QED) is 0.515. The van der Waals surface area contributed by atoms with Gasteiger partial charge in [0.15, 0.2) is 11.5 Å². The van der Waals surface area contributed by atoms with Crippen LogP contribution in [0.4, 0.5) is 0 Å². The number of aromatic amines is 1. The van der Waals surface area contributed by atoms with Crippen LogP contribution >= 0.6 is 0 Å². The Balaban J connectivity index is 1.54. The third-order valence-electron chi connectivity index (χ3n) is 3.92. The Morgan fingerprint density at radius 3 is 3.04 bits per heavy atom. The number of rotatable bonds is 7. The Hall–Kier alpha value is -2.60. The van der Waals surface area contributed by atoms with Crippen molar-refractivity contribution in [3.8, 4) is 0 Å². The van der Waals surface area contributed by atoms with Gasteiger partial charge in [-0.05, 0) is 38.4 Å². The van der Waals surface area contributed by atoms with E-state index in [1.54, 1.807) is 13.0 Å². The van der Waals surface area contributed by atoms with Crippen LogP contribution in [-0.2, 0) is 17.7 Å². The average Bonchev–Trinajstić information content (AvgIpc) is 3.16. The fraction of sp³-hybridized carbons (Fsp3) is 0.333. The lowest BCUT2D eigenvalue weighted by Crippen LogP contribution is -2.16. The molecule has 6 nitrogen and oxygen atoms in total. The lowest BCUT2D eigenvalue weighted by molar-refractivity contribution is 0.0514. The van der Waals surface area contributed by atoms with Gasteiger partial charge in [-0.15, -0.1) is 0 Å². The van der Waals surface area contributed by atoms with Crippen molar-refractivity contribution in [1.82, 2.24) is 15.5 Å². The van der Waals surface area contributed by atoms with Crippen LogP contribution in [0.15, 0.2) is 34.9 Å². The van der Waals surface area contributed by atoms with Gasteiger partial charge >= 0.3 is 5.97 Å². The minimum absolute atomic E-state index is 0.209. The van der Waals surface area contributed by atoms with Gasteiger partial charge in [-0.25, -0.2) is 4.79 Å². The summed E-state index contributed by atoms with van der Waals surface area (Å²) in [5.74, 6) is 0.163. The number of ether oxygens (including phenoxy) is 1. The number of nitrogens with zero attached hydrogens (tertiary/aromatic N) is 1. The molecule has 0 bridgehead atoms. The third-order valence-corrected chi connectivity index (χ3v) is 3.92. The van der Waals surface area contributed by atoms with Crippen molar-refractivity contribution in [2.75, 3.05) is 13.2 Å². The molecule has 2 N–H and O–H groups in total. The van der Waals surface area contributed by atoms with E-state index in [-0.39, 0.29) is 5.69 Å².